The van der Waals surface area contributed by atoms with E-state index in [1.54, 1.807) is 25.2 Å². The van der Waals surface area contributed by atoms with Gasteiger partial charge >= 0.3 is 0 Å². The summed E-state index contributed by atoms with van der Waals surface area (Å²) in [4.78, 5) is 1.25. The zero-order valence-corrected chi connectivity index (χ0v) is 16.2. The van der Waals surface area contributed by atoms with Crippen LogP contribution in [0.4, 0.5) is 0 Å². The van der Waals surface area contributed by atoms with Crippen molar-refractivity contribution in [3.05, 3.63) is 40.7 Å². The van der Waals surface area contributed by atoms with Crippen molar-refractivity contribution in [2.75, 3.05) is 6.54 Å². The number of thiophene rings is 1. The van der Waals surface area contributed by atoms with Crippen molar-refractivity contribution in [2.24, 2.45) is 0 Å². The van der Waals surface area contributed by atoms with E-state index < -0.39 is 10.0 Å². The fourth-order valence-electron chi connectivity index (χ4n) is 3.08. The predicted molar refractivity (Wildman–Crippen MR) is 98.7 cm³/mol. The van der Waals surface area contributed by atoms with Gasteiger partial charge in [-0.3, -0.25) is 4.68 Å². The summed E-state index contributed by atoms with van der Waals surface area (Å²) >= 11 is 1.66. The number of nitrogens with one attached hydrogen (secondary N) is 1. The van der Waals surface area contributed by atoms with Gasteiger partial charge in [-0.2, -0.15) is 5.10 Å². The Labute approximate surface area is 156 Å². The minimum absolute atomic E-state index is 0.125. The Morgan fingerprint density at radius 2 is 2.19 bits per heavy atom. The molecule has 1 N–H and O–H groups in total. The third-order valence-electron chi connectivity index (χ3n) is 4.43. The van der Waals surface area contributed by atoms with E-state index in [9.17, 15) is 8.42 Å². The first-order valence-electron chi connectivity index (χ1n) is 8.50. The van der Waals surface area contributed by atoms with Crippen LogP contribution in [0.2, 0.25) is 0 Å². The van der Waals surface area contributed by atoms with Crippen LogP contribution < -0.4 is 4.72 Å². The van der Waals surface area contributed by atoms with Crippen LogP contribution in [-0.4, -0.2) is 29.9 Å². The molecule has 0 unspecified atom stereocenters. The molecule has 1 aliphatic carbocycles. The summed E-state index contributed by atoms with van der Waals surface area (Å²) in [5.74, 6) is 0.836. The quantitative estimate of drug-likeness (QED) is 0.667. The molecule has 1 aliphatic rings. The maximum absolute atomic E-state index is 12.5. The molecule has 7 nitrogen and oxygen atoms in total. The minimum Gasteiger partial charge on any atom is -0.360 e. The second kappa shape index (κ2) is 6.64. The molecule has 0 aromatic carbocycles. The number of hydrogen-bond acceptors (Lipinski definition) is 6. The fraction of sp³-hybridized carbons (Fsp3) is 0.412. The van der Waals surface area contributed by atoms with Gasteiger partial charge < -0.3 is 4.52 Å². The van der Waals surface area contributed by atoms with Crippen molar-refractivity contribution >= 4 is 21.4 Å². The maximum Gasteiger partial charge on any atom is 0.246 e. The molecule has 9 heteroatoms. The number of aryl methyl sites for hydroxylation is 2. The summed E-state index contributed by atoms with van der Waals surface area (Å²) in [6.07, 6.45) is 2.33. The van der Waals surface area contributed by atoms with E-state index in [-0.39, 0.29) is 11.4 Å². The normalized spacial score (nSPS) is 14.8. The number of aromatic nitrogens is 3. The minimum atomic E-state index is -3.65. The Morgan fingerprint density at radius 3 is 2.81 bits per heavy atom. The molecule has 1 fully saturated rings. The van der Waals surface area contributed by atoms with Crippen molar-refractivity contribution in [2.45, 2.75) is 44.0 Å². The molecule has 0 atom stereocenters. The Kier molecular flexibility index (Phi) is 4.45. The molecule has 138 valence electrons. The first kappa shape index (κ1) is 17.4. The lowest BCUT2D eigenvalue weighted by Gasteiger charge is -2.08. The molecular formula is C17H20N4O3S2. The van der Waals surface area contributed by atoms with Crippen molar-refractivity contribution in [1.82, 2.24) is 19.7 Å². The van der Waals surface area contributed by atoms with E-state index in [1.165, 1.54) is 18.5 Å². The molecule has 0 spiro atoms. The molecule has 4 rings (SSSR count). The summed E-state index contributed by atoms with van der Waals surface area (Å²) < 4.78 is 34.6. The highest BCUT2D eigenvalue weighted by Gasteiger charge is 2.29. The topological polar surface area (TPSA) is 90.0 Å². The molecule has 0 amide bonds. The third kappa shape index (κ3) is 3.34. The van der Waals surface area contributed by atoms with Gasteiger partial charge in [-0.25, -0.2) is 13.1 Å². The summed E-state index contributed by atoms with van der Waals surface area (Å²) in [5, 5.41) is 10.4. The van der Waals surface area contributed by atoms with Crippen molar-refractivity contribution in [1.29, 1.82) is 0 Å². The average Bonchev–Trinajstić information content (AvgIpc) is 2.98. The van der Waals surface area contributed by atoms with Crippen LogP contribution in [0.3, 0.4) is 0 Å². The molecule has 0 aliphatic heterocycles. The lowest BCUT2D eigenvalue weighted by atomic mass is 10.2. The van der Waals surface area contributed by atoms with Crippen molar-refractivity contribution in [3.8, 4) is 10.6 Å². The van der Waals surface area contributed by atoms with E-state index in [1.807, 2.05) is 22.2 Å². The maximum atomic E-state index is 12.5. The van der Waals surface area contributed by atoms with E-state index in [0.717, 1.165) is 10.6 Å². The molecule has 26 heavy (non-hydrogen) atoms. The zero-order valence-electron chi connectivity index (χ0n) is 14.6. The van der Waals surface area contributed by atoms with Gasteiger partial charge in [0.1, 0.15) is 16.3 Å². The van der Waals surface area contributed by atoms with Crippen LogP contribution in [0.25, 0.3) is 10.6 Å². The number of rotatable bonds is 7. The van der Waals surface area contributed by atoms with Gasteiger partial charge in [0, 0.05) is 18.2 Å². The monoisotopic (exact) mass is 392 g/mol. The van der Waals surface area contributed by atoms with Gasteiger partial charge in [0.15, 0.2) is 5.76 Å². The van der Waals surface area contributed by atoms with Gasteiger partial charge in [0.05, 0.1) is 11.4 Å². The Morgan fingerprint density at radius 1 is 1.38 bits per heavy atom. The SMILES string of the molecule is Cc1noc(C)c1S(=O)(=O)NCCn1nc(-c2cccs2)cc1C1CC1. The molecule has 3 aromatic rings. The second-order valence-electron chi connectivity index (χ2n) is 6.48. The fourth-order valence-corrected chi connectivity index (χ4v) is 5.11. The lowest BCUT2D eigenvalue weighted by Crippen LogP contribution is -2.28. The summed E-state index contributed by atoms with van der Waals surface area (Å²) in [6, 6.07) is 6.19. The zero-order chi connectivity index (χ0) is 18.3. The van der Waals surface area contributed by atoms with Crippen LogP contribution in [0.1, 0.15) is 35.9 Å². The largest absolute Gasteiger partial charge is 0.360 e. The van der Waals surface area contributed by atoms with Gasteiger partial charge in [-0.05, 0) is 44.2 Å². The van der Waals surface area contributed by atoms with Crippen LogP contribution in [-0.2, 0) is 16.6 Å². The molecule has 0 bridgehead atoms. The number of nitrogens with zero attached hydrogens (tertiary/aromatic N) is 3. The number of hydrogen-bond donors (Lipinski definition) is 1. The van der Waals surface area contributed by atoms with Crippen LogP contribution in [0.15, 0.2) is 33.0 Å². The standard InChI is InChI=1S/C17H20N4O3S2/c1-11-17(12(2)24-20-11)26(22,23)18-7-8-21-15(13-5-6-13)10-14(19-21)16-4-3-9-25-16/h3-4,9-10,13,18H,5-8H2,1-2H3. The van der Waals surface area contributed by atoms with Gasteiger partial charge in [-0.1, -0.05) is 11.2 Å². The first-order chi connectivity index (χ1) is 12.5. The molecule has 1 saturated carbocycles. The highest BCUT2D eigenvalue weighted by molar-refractivity contribution is 7.89. The number of sulfonamides is 1. The third-order valence-corrected chi connectivity index (χ3v) is 7.03. The van der Waals surface area contributed by atoms with Crippen molar-refractivity contribution < 1.29 is 12.9 Å². The average molecular weight is 393 g/mol. The highest BCUT2D eigenvalue weighted by Crippen LogP contribution is 2.41. The smallest absolute Gasteiger partial charge is 0.246 e. The highest BCUT2D eigenvalue weighted by atomic mass is 32.2. The molecule has 0 radical (unpaired) electrons. The van der Waals surface area contributed by atoms with Crippen LogP contribution in [0, 0.1) is 13.8 Å². The molecule has 3 aromatic heterocycles. The Hall–Kier alpha value is -1.97. The summed E-state index contributed by atoms with van der Waals surface area (Å²) in [7, 11) is -3.65. The molecule has 0 saturated heterocycles. The summed E-state index contributed by atoms with van der Waals surface area (Å²) in [6.45, 7) is 3.97. The van der Waals surface area contributed by atoms with Crippen molar-refractivity contribution in [3.63, 3.8) is 0 Å². The first-order valence-corrected chi connectivity index (χ1v) is 10.9. The summed E-state index contributed by atoms with van der Waals surface area (Å²) in [5.41, 5.74) is 2.51. The molecule has 3 heterocycles. The van der Waals surface area contributed by atoms with E-state index in [0.29, 0.717) is 23.9 Å². The van der Waals surface area contributed by atoms with Gasteiger partial charge in [-0.15, -0.1) is 11.3 Å². The Balaban J connectivity index is 1.50. The lowest BCUT2D eigenvalue weighted by molar-refractivity contribution is 0.390. The van der Waals surface area contributed by atoms with Gasteiger partial charge in [0.25, 0.3) is 0 Å². The molecular weight excluding hydrogens is 372 g/mol. The van der Waals surface area contributed by atoms with E-state index in [4.69, 9.17) is 9.62 Å². The van der Waals surface area contributed by atoms with E-state index >= 15 is 0 Å². The van der Waals surface area contributed by atoms with Crippen LogP contribution in [0.5, 0.6) is 0 Å². The van der Waals surface area contributed by atoms with Crippen LogP contribution >= 0.6 is 11.3 Å². The Bertz CT molecular complexity index is 995. The van der Waals surface area contributed by atoms with E-state index in [2.05, 4.69) is 15.9 Å². The predicted octanol–water partition coefficient (Wildman–Crippen LogP) is 3.07. The van der Waals surface area contributed by atoms with Gasteiger partial charge in [0.2, 0.25) is 10.0 Å². The second-order valence-corrected chi connectivity index (χ2v) is 9.13.